The second kappa shape index (κ2) is 8.67. The van der Waals surface area contributed by atoms with Crippen molar-refractivity contribution in [3.8, 4) is 0 Å². The molecule has 1 saturated heterocycles. The zero-order valence-corrected chi connectivity index (χ0v) is 13.8. The maximum absolute atomic E-state index is 12.7. The summed E-state index contributed by atoms with van der Waals surface area (Å²) in [4.78, 5) is 26.7. The zero-order chi connectivity index (χ0) is 16.7. The number of nitrogens with two attached hydrogens (primary N) is 1. The molecule has 3 N–H and O–H groups in total. The second-order valence-corrected chi connectivity index (χ2v) is 6.36. The summed E-state index contributed by atoms with van der Waals surface area (Å²) in [7, 11) is 0. The molecule has 1 aliphatic heterocycles. The molecule has 5 heteroatoms. The summed E-state index contributed by atoms with van der Waals surface area (Å²) in [5.74, 6) is -0.0729. The van der Waals surface area contributed by atoms with Gasteiger partial charge in [-0.25, -0.2) is 0 Å². The fourth-order valence-corrected chi connectivity index (χ4v) is 2.83. The van der Waals surface area contributed by atoms with Crippen LogP contribution in [-0.4, -0.2) is 41.9 Å². The van der Waals surface area contributed by atoms with Crippen LogP contribution in [0.2, 0.25) is 0 Å². The predicted octanol–water partition coefficient (Wildman–Crippen LogP) is 1.46. The zero-order valence-electron chi connectivity index (χ0n) is 13.8. The molecule has 126 valence electrons. The summed E-state index contributed by atoms with van der Waals surface area (Å²) in [6.07, 6.45) is 3.60. The Balaban J connectivity index is 2.01. The molecule has 2 rings (SSSR count). The molecule has 5 nitrogen and oxygen atoms in total. The highest BCUT2D eigenvalue weighted by Crippen LogP contribution is 2.12. The third-order valence-corrected chi connectivity index (χ3v) is 4.16. The number of amides is 2. The van der Waals surface area contributed by atoms with E-state index in [9.17, 15) is 9.59 Å². The summed E-state index contributed by atoms with van der Waals surface area (Å²) in [6.45, 7) is 3.46. The van der Waals surface area contributed by atoms with Gasteiger partial charge in [0.05, 0.1) is 0 Å². The first-order chi connectivity index (χ1) is 11.1. The molecule has 0 radical (unpaired) electrons. The number of benzene rings is 1. The number of rotatable bonds is 7. The number of carbonyl (C=O) groups excluding carboxylic acids is 2. The molecule has 2 unspecified atom stereocenters. The first-order valence-electron chi connectivity index (χ1n) is 8.44. The third-order valence-electron chi connectivity index (χ3n) is 4.16. The van der Waals surface area contributed by atoms with Crippen molar-refractivity contribution in [2.45, 2.75) is 51.1 Å². The van der Waals surface area contributed by atoms with Crippen molar-refractivity contribution >= 4 is 11.8 Å². The molecule has 0 aliphatic carbocycles. The van der Waals surface area contributed by atoms with E-state index < -0.39 is 6.04 Å². The molecule has 0 bridgehead atoms. The molecule has 1 aromatic rings. The van der Waals surface area contributed by atoms with E-state index in [1.54, 1.807) is 0 Å². The van der Waals surface area contributed by atoms with Crippen LogP contribution >= 0.6 is 0 Å². The average molecular weight is 317 g/mol. The monoisotopic (exact) mass is 317 g/mol. The topological polar surface area (TPSA) is 75.4 Å². The Hall–Kier alpha value is -1.88. The summed E-state index contributed by atoms with van der Waals surface area (Å²) in [6, 6.07) is 9.31. The molecule has 0 saturated carbocycles. The molecular formula is C18H27N3O2. The molecule has 1 aliphatic rings. The Bertz CT molecular complexity index is 510. The maximum atomic E-state index is 12.7. The molecule has 2 amide bonds. The number of carbonyl (C=O) groups is 2. The van der Waals surface area contributed by atoms with Gasteiger partial charge >= 0.3 is 0 Å². The van der Waals surface area contributed by atoms with Gasteiger partial charge in [-0.1, -0.05) is 30.3 Å². The van der Waals surface area contributed by atoms with Crippen molar-refractivity contribution < 1.29 is 9.59 Å². The number of hydrogen-bond acceptors (Lipinski definition) is 3. The van der Waals surface area contributed by atoms with Crippen molar-refractivity contribution in [3.63, 3.8) is 0 Å². The minimum atomic E-state index is -0.490. The molecule has 1 aromatic carbocycles. The van der Waals surface area contributed by atoms with Crippen LogP contribution in [0.4, 0.5) is 0 Å². The molecule has 1 heterocycles. The fraction of sp³-hybridized carbons (Fsp3) is 0.556. The summed E-state index contributed by atoms with van der Waals surface area (Å²) < 4.78 is 0. The SMILES string of the molecule is CC(N)CCC(=O)NC(Cc1ccccc1)C(=O)N1CCCC1. The summed E-state index contributed by atoms with van der Waals surface area (Å²) in [5.41, 5.74) is 6.75. The molecule has 2 atom stereocenters. The molecule has 1 fully saturated rings. The van der Waals surface area contributed by atoms with Crippen LogP contribution in [0.25, 0.3) is 0 Å². The van der Waals surface area contributed by atoms with Crippen molar-refractivity contribution in [2.75, 3.05) is 13.1 Å². The highest BCUT2D eigenvalue weighted by molar-refractivity contribution is 5.88. The van der Waals surface area contributed by atoms with Gasteiger partial charge in [0.15, 0.2) is 0 Å². The van der Waals surface area contributed by atoms with Crippen LogP contribution in [0.15, 0.2) is 30.3 Å². The normalized spacial score (nSPS) is 16.9. The van der Waals surface area contributed by atoms with Gasteiger partial charge in [-0.3, -0.25) is 9.59 Å². The van der Waals surface area contributed by atoms with E-state index in [-0.39, 0.29) is 17.9 Å². The maximum Gasteiger partial charge on any atom is 0.245 e. The molecule has 0 spiro atoms. The first kappa shape index (κ1) is 17.5. The van der Waals surface area contributed by atoms with E-state index in [2.05, 4.69) is 5.32 Å². The average Bonchev–Trinajstić information content (AvgIpc) is 3.07. The highest BCUT2D eigenvalue weighted by atomic mass is 16.2. The molecule has 23 heavy (non-hydrogen) atoms. The summed E-state index contributed by atoms with van der Waals surface area (Å²) >= 11 is 0. The van der Waals surface area contributed by atoms with Crippen LogP contribution in [-0.2, 0) is 16.0 Å². The lowest BCUT2D eigenvalue weighted by molar-refractivity contribution is -0.135. The van der Waals surface area contributed by atoms with E-state index in [1.165, 1.54) is 0 Å². The Morgan fingerprint density at radius 3 is 2.48 bits per heavy atom. The van der Waals surface area contributed by atoms with E-state index in [0.717, 1.165) is 31.5 Å². The van der Waals surface area contributed by atoms with Crippen LogP contribution < -0.4 is 11.1 Å². The Labute approximate surface area is 138 Å². The van der Waals surface area contributed by atoms with Gasteiger partial charge in [0.25, 0.3) is 0 Å². The van der Waals surface area contributed by atoms with Crippen LogP contribution in [0, 0.1) is 0 Å². The highest BCUT2D eigenvalue weighted by Gasteiger charge is 2.27. The van der Waals surface area contributed by atoms with Gasteiger partial charge < -0.3 is 16.0 Å². The van der Waals surface area contributed by atoms with Gasteiger partial charge in [0.1, 0.15) is 6.04 Å². The minimum Gasteiger partial charge on any atom is -0.344 e. The van der Waals surface area contributed by atoms with E-state index in [4.69, 9.17) is 5.73 Å². The molecule has 0 aromatic heterocycles. The van der Waals surface area contributed by atoms with Gasteiger partial charge in [-0.2, -0.15) is 0 Å². The first-order valence-corrected chi connectivity index (χ1v) is 8.44. The van der Waals surface area contributed by atoms with E-state index >= 15 is 0 Å². The van der Waals surface area contributed by atoms with E-state index in [1.807, 2.05) is 42.2 Å². The second-order valence-electron chi connectivity index (χ2n) is 6.36. The summed E-state index contributed by atoms with van der Waals surface area (Å²) in [5, 5.41) is 2.91. The van der Waals surface area contributed by atoms with Crippen LogP contribution in [0.5, 0.6) is 0 Å². The molecular weight excluding hydrogens is 290 g/mol. The van der Waals surface area contributed by atoms with Gasteiger partial charge in [0, 0.05) is 32.0 Å². The largest absolute Gasteiger partial charge is 0.344 e. The Morgan fingerprint density at radius 2 is 1.87 bits per heavy atom. The van der Waals surface area contributed by atoms with Crippen molar-refractivity contribution in [2.24, 2.45) is 5.73 Å². The standard InChI is InChI=1S/C18H27N3O2/c1-14(19)9-10-17(22)20-16(13-15-7-3-2-4-8-15)18(23)21-11-5-6-12-21/h2-4,7-8,14,16H,5-6,9-13,19H2,1H3,(H,20,22). The quantitative estimate of drug-likeness (QED) is 0.799. The Kier molecular flexibility index (Phi) is 6.59. The van der Waals surface area contributed by atoms with Crippen molar-refractivity contribution in [1.29, 1.82) is 0 Å². The van der Waals surface area contributed by atoms with Crippen LogP contribution in [0.3, 0.4) is 0 Å². The van der Waals surface area contributed by atoms with Gasteiger partial charge in [0.2, 0.25) is 11.8 Å². The minimum absolute atomic E-state index is 0.0115. The number of hydrogen-bond donors (Lipinski definition) is 2. The lowest BCUT2D eigenvalue weighted by Gasteiger charge is -2.24. The smallest absolute Gasteiger partial charge is 0.245 e. The van der Waals surface area contributed by atoms with E-state index in [0.29, 0.717) is 19.3 Å². The van der Waals surface area contributed by atoms with Gasteiger partial charge in [-0.05, 0) is 31.7 Å². The third kappa shape index (κ3) is 5.67. The number of nitrogens with one attached hydrogen (secondary N) is 1. The van der Waals surface area contributed by atoms with Crippen molar-refractivity contribution in [3.05, 3.63) is 35.9 Å². The number of likely N-dealkylation sites (tertiary alicyclic amines) is 1. The van der Waals surface area contributed by atoms with Gasteiger partial charge in [-0.15, -0.1) is 0 Å². The number of nitrogens with zero attached hydrogens (tertiary/aromatic N) is 1. The van der Waals surface area contributed by atoms with Crippen molar-refractivity contribution in [1.82, 2.24) is 10.2 Å². The Morgan fingerprint density at radius 1 is 1.22 bits per heavy atom. The fourth-order valence-electron chi connectivity index (χ4n) is 2.83. The lowest BCUT2D eigenvalue weighted by atomic mass is 10.0. The lowest BCUT2D eigenvalue weighted by Crippen LogP contribution is -2.49. The van der Waals surface area contributed by atoms with Crippen LogP contribution in [0.1, 0.15) is 38.2 Å². The predicted molar refractivity (Wildman–Crippen MR) is 90.8 cm³/mol.